The predicted molar refractivity (Wildman–Crippen MR) is 133 cm³/mol. The molecule has 2 N–H and O–H groups in total. The molecular weight excluding hydrogens is 597 g/mol. The average Bonchev–Trinajstić information content (AvgIpc) is 3.12. The molecule has 0 radical (unpaired) electrons. The van der Waals surface area contributed by atoms with Crippen LogP contribution < -0.4 is 4.74 Å². The Morgan fingerprint density at radius 2 is 1.74 bits per heavy atom. The average molecular weight is 618 g/mol. The second-order valence-electron chi connectivity index (χ2n) is 7.36. The highest BCUT2D eigenvalue weighted by Gasteiger charge is 2.39. The number of ether oxygens (including phenoxy) is 1. The molecule has 0 saturated carbocycles. The Labute approximate surface area is 206 Å². The van der Waals surface area contributed by atoms with Crippen LogP contribution in [0.25, 0.3) is 10.8 Å². The van der Waals surface area contributed by atoms with Crippen LogP contribution in [0.2, 0.25) is 0 Å². The third-order valence-electron chi connectivity index (χ3n) is 5.08. The van der Waals surface area contributed by atoms with Crippen LogP contribution in [0, 0.1) is 9.49 Å². The molecule has 0 aliphatic heterocycles. The zero-order chi connectivity index (χ0) is 22.7. The van der Waals surface area contributed by atoms with E-state index in [9.17, 15) is 19.8 Å². The molecule has 6 nitrogen and oxygen atoms in total. The molecule has 2 unspecified atom stereocenters. The Bertz CT molecular complexity index is 1090. The summed E-state index contributed by atoms with van der Waals surface area (Å²) in [6.45, 7) is 0. The van der Waals surface area contributed by atoms with Gasteiger partial charge in [0, 0.05) is 31.4 Å². The van der Waals surface area contributed by atoms with Crippen LogP contribution in [-0.4, -0.2) is 47.2 Å². The zero-order valence-corrected chi connectivity index (χ0v) is 21.3. The van der Waals surface area contributed by atoms with Crippen LogP contribution >= 0.6 is 49.9 Å². The standard InChI is InChI=1S/C22H21BrINO5S/c1-25(2)18(20(21(26)27)22(28)29)9-19(16-10-31-11-17(16)23)30-15-6-4-12-7-14(24)5-3-13(12)8-15/h3-8,10-11,18-20H,9H2,1-2H3,(H,26,27)(H,28,29). The molecule has 0 saturated heterocycles. The summed E-state index contributed by atoms with van der Waals surface area (Å²) >= 11 is 7.29. The van der Waals surface area contributed by atoms with Crippen molar-refractivity contribution >= 4 is 72.6 Å². The summed E-state index contributed by atoms with van der Waals surface area (Å²) in [5.41, 5.74) is 0.856. The maximum absolute atomic E-state index is 11.7. The molecule has 9 heteroatoms. The number of fused-ring (bicyclic) bond motifs is 1. The Hall–Kier alpha value is -1.69. The minimum absolute atomic E-state index is 0.191. The highest BCUT2D eigenvalue weighted by molar-refractivity contribution is 14.1. The van der Waals surface area contributed by atoms with Gasteiger partial charge < -0.3 is 19.8 Å². The topological polar surface area (TPSA) is 87.1 Å². The molecule has 2 aromatic carbocycles. The number of thiophene rings is 1. The van der Waals surface area contributed by atoms with Gasteiger partial charge in [0.15, 0.2) is 5.92 Å². The molecule has 1 heterocycles. The van der Waals surface area contributed by atoms with Crippen molar-refractivity contribution < 1.29 is 24.5 Å². The first-order valence-corrected chi connectivity index (χ1v) is 12.2. The van der Waals surface area contributed by atoms with Crippen LogP contribution in [0.3, 0.4) is 0 Å². The number of carbonyl (C=O) groups is 2. The third kappa shape index (κ3) is 5.76. The monoisotopic (exact) mass is 617 g/mol. The quantitative estimate of drug-likeness (QED) is 0.244. The highest BCUT2D eigenvalue weighted by atomic mass is 127. The van der Waals surface area contributed by atoms with E-state index in [1.807, 2.05) is 41.1 Å². The van der Waals surface area contributed by atoms with Crippen molar-refractivity contribution in [2.45, 2.75) is 18.6 Å². The van der Waals surface area contributed by atoms with E-state index in [1.165, 1.54) is 11.3 Å². The van der Waals surface area contributed by atoms with Gasteiger partial charge >= 0.3 is 11.9 Å². The molecule has 0 fully saturated rings. The lowest BCUT2D eigenvalue weighted by atomic mass is 9.92. The molecule has 0 amide bonds. The van der Waals surface area contributed by atoms with E-state index in [0.29, 0.717) is 5.75 Å². The maximum Gasteiger partial charge on any atom is 0.319 e. The molecule has 2 atom stereocenters. The summed E-state index contributed by atoms with van der Waals surface area (Å²) in [7, 11) is 3.36. The first-order valence-electron chi connectivity index (χ1n) is 9.37. The van der Waals surface area contributed by atoms with E-state index in [0.717, 1.165) is 24.4 Å². The number of hydrogen-bond acceptors (Lipinski definition) is 5. The van der Waals surface area contributed by atoms with Gasteiger partial charge in [0.2, 0.25) is 0 Å². The first-order chi connectivity index (χ1) is 14.7. The van der Waals surface area contributed by atoms with E-state index in [4.69, 9.17) is 4.74 Å². The SMILES string of the molecule is CN(C)C(CC(Oc1ccc2cc(I)ccc2c1)c1cscc1Br)C(C(=O)O)C(=O)O. The highest BCUT2D eigenvalue weighted by Crippen LogP contribution is 2.36. The number of halogens is 2. The van der Waals surface area contributed by atoms with E-state index in [-0.39, 0.29) is 6.42 Å². The number of aliphatic carboxylic acids is 2. The van der Waals surface area contributed by atoms with Crippen LogP contribution in [0.15, 0.2) is 51.6 Å². The number of carboxylic acids is 2. The number of hydrogen-bond donors (Lipinski definition) is 2. The van der Waals surface area contributed by atoms with Crippen molar-refractivity contribution in [3.05, 3.63) is 60.8 Å². The van der Waals surface area contributed by atoms with Gasteiger partial charge in [0.25, 0.3) is 0 Å². The van der Waals surface area contributed by atoms with Crippen molar-refractivity contribution in [1.82, 2.24) is 4.90 Å². The molecule has 0 spiro atoms. The lowest BCUT2D eigenvalue weighted by molar-refractivity contribution is -0.158. The smallest absolute Gasteiger partial charge is 0.319 e. The van der Waals surface area contributed by atoms with Gasteiger partial charge in [-0.25, -0.2) is 0 Å². The summed E-state index contributed by atoms with van der Waals surface area (Å²) < 4.78 is 8.32. The summed E-state index contributed by atoms with van der Waals surface area (Å²) in [5.74, 6) is -3.67. The fraction of sp³-hybridized carbons (Fsp3) is 0.273. The van der Waals surface area contributed by atoms with E-state index >= 15 is 0 Å². The maximum atomic E-state index is 11.7. The number of nitrogens with zero attached hydrogens (tertiary/aromatic N) is 1. The molecule has 3 aromatic rings. The zero-order valence-electron chi connectivity index (χ0n) is 16.8. The van der Waals surface area contributed by atoms with Gasteiger partial charge in [-0.05, 0) is 93.0 Å². The van der Waals surface area contributed by atoms with E-state index < -0.39 is 30.0 Å². The van der Waals surface area contributed by atoms with Crippen molar-refractivity contribution in [3.63, 3.8) is 0 Å². The van der Waals surface area contributed by atoms with Crippen molar-refractivity contribution in [3.8, 4) is 5.75 Å². The summed E-state index contributed by atoms with van der Waals surface area (Å²) in [4.78, 5) is 25.0. The molecule has 1 aromatic heterocycles. The number of rotatable bonds is 9. The molecule has 0 bridgehead atoms. The number of benzene rings is 2. The fourth-order valence-corrected chi connectivity index (χ4v) is 5.60. The minimum Gasteiger partial charge on any atom is -0.486 e. The lowest BCUT2D eigenvalue weighted by Gasteiger charge is -2.31. The van der Waals surface area contributed by atoms with Crippen LogP contribution in [0.1, 0.15) is 18.1 Å². The summed E-state index contributed by atoms with van der Waals surface area (Å²) in [5, 5.41) is 25.0. The van der Waals surface area contributed by atoms with Crippen molar-refractivity contribution in [2.24, 2.45) is 5.92 Å². The van der Waals surface area contributed by atoms with Crippen molar-refractivity contribution in [1.29, 1.82) is 0 Å². The van der Waals surface area contributed by atoms with Gasteiger partial charge in [0.05, 0.1) is 0 Å². The summed E-state index contributed by atoms with van der Waals surface area (Å²) in [6.07, 6.45) is -0.341. The molecule has 0 aliphatic rings. The molecule has 3 rings (SSSR count). The number of carboxylic acid groups (broad SMARTS) is 2. The molecule has 164 valence electrons. The van der Waals surface area contributed by atoms with Crippen LogP contribution in [0.5, 0.6) is 5.75 Å². The minimum atomic E-state index is -1.57. The van der Waals surface area contributed by atoms with E-state index in [2.05, 4.69) is 44.6 Å². The Balaban J connectivity index is 1.97. The lowest BCUT2D eigenvalue weighted by Crippen LogP contribution is -2.45. The third-order valence-corrected chi connectivity index (χ3v) is 7.50. The Morgan fingerprint density at radius 3 is 2.32 bits per heavy atom. The largest absolute Gasteiger partial charge is 0.486 e. The normalized spacial score (nSPS) is 13.5. The Morgan fingerprint density at radius 1 is 1.10 bits per heavy atom. The van der Waals surface area contributed by atoms with Gasteiger partial charge in [-0.1, -0.05) is 12.1 Å². The van der Waals surface area contributed by atoms with Crippen molar-refractivity contribution in [2.75, 3.05) is 14.1 Å². The van der Waals surface area contributed by atoms with Gasteiger partial charge in [0.1, 0.15) is 11.9 Å². The fourth-order valence-electron chi connectivity index (χ4n) is 3.49. The van der Waals surface area contributed by atoms with Crippen LogP contribution in [-0.2, 0) is 9.59 Å². The first kappa shape index (κ1) is 24.0. The van der Waals surface area contributed by atoms with Gasteiger partial charge in [-0.3, -0.25) is 9.59 Å². The molecule has 0 aliphatic carbocycles. The van der Waals surface area contributed by atoms with Gasteiger partial charge in [-0.2, -0.15) is 11.3 Å². The van der Waals surface area contributed by atoms with Gasteiger partial charge in [-0.15, -0.1) is 0 Å². The van der Waals surface area contributed by atoms with Crippen LogP contribution in [0.4, 0.5) is 0 Å². The van der Waals surface area contributed by atoms with E-state index in [1.54, 1.807) is 19.0 Å². The molecular formula is C22H21BrINO5S. The second kappa shape index (κ2) is 10.3. The Kier molecular flexibility index (Phi) is 7.95. The predicted octanol–water partition coefficient (Wildman–Crippen LogP) is 5.49. The summed E-state index contributed by atoms with van der Waals surface area (Å²) in [6, 6.07) is 11.1. The second-order valence-corrected chi connectivity index (χ2v) is 10.2. The molecule has 31 heavy (non-hydrogen) atoms.